The molecular formula is C19H36O3Si. The van der Waals surface area contributed by atoms with Crippen LogP contribution in [-0.2, 0) is 14.0 Å². The van der Waals surface area contributed by atoms with Crippen molar-refractivity contribution < 1.29 is 14.0 Å². The van der Waals surface area contributed by atoms with Crippen LogP contribution in [0.3, 0.4) is 0 Å². The first-order chi connectivity index (χ1) is 10.7. The van der Waals surface area contributed by atoms with Crippen LogP contribution in [0, 0.1) is 11.8 Å². The number of hydrogen-bond donors (Lipinski definition) is 0. The summed E-state index contributed by atoms with van der Waals surface area (Å²) in [5.74, 6) is 0.380. The first kappa shape index (κ1) is 19.0. The summed E-state index contributed by atoms with van der Waals surface area (Å²) >= 11 is 0. The highest BCUT2D eigenvalue weighted by atomic mass is 28.4. The van der Waals surface area contributed by atoms with E-state index in [2.05, 4.69) is 41.5 Å². The third-order valence-electron chi connectivity index (χ3n) is 6.39. The lowest BCUT2D eigenvalue weighted by atomic mass is 9.98. The van der Waals surface area contributed by atoms with E-state index in [1.165, 1.54) is 12.8 Å². The molecule has 0 aromatic rings. The Balaban J connectivity index is 2.31. The Morgan fingerprint density at radius 2 is 1.65 bits per heavy atom. The minimum atomic E-state index is -1.96. The van der Waals surface area contributed by atoms with Crippen LogP contribution in [0.4, 0.5) is 0 Å². The monoisotopic (exact) mass is 340 g/mol. The number of carbonyl (C=O) groups is 1. The summed E-state index contributed by atoms with van der Waals surface area (Å²) in [4.78, 5) is 12.5. The molecule has 0 aliphatic heterocycles. The number of carbonyl (C=O) groups excluding carboxylic acids is 1. The highest BCUT2D eigenvalue weighted by molar-refractivity contribution is 6.77. The van der Waals surface area contributed by atoms with Crippen molar-refractivity contribution in [3.8, 4) is 0 Å². The van der Waals surface area contributed by atoms with Crippen molar-refractivity contribution in [2.75, 3.05) is 6.61 Å². The smallest absolute Gasteiger partial charge is 0.312 e. The maximum absolute atomic E-state index is 12.5. The molecule has 3 unspecified atom stereocenters. The molecule has 23 heavy (non-hydrogen) atoms. The van der Waals surface area contributed by atoms with Gasteiger partial charge in [-0.2, -0.15) is 0 Å². The molecule has 0 N–H and O–H groups in total. The normalized spacial score (nSPS) is 30.7. The van der Waals surface area contributed by atoms with E-state index >= 15 is 0 Å². The van der Waals surface area contributed by atoms with Crippen molar-refractivity contribution in [3.05, 3.63) is 0 Å². The standard InChI is InChI=1S/C19H36O3Si/c1-8-21-18(20)17-16-11-9-10-12-19(16,17)22-23(13(2)3,14(4)5)15(6)7/h13-17H,8-12H2,1-7H3. The second kappa shape index (κ2) is 6.87. The van der Waals surface area contributed by atoms with Crippen molar-refractivity contribution in [3.63, 3.8) is 0 Å². The molecule has 2 aliphatic rings. The van der Waals surface area contributed by atoms with Crippen LogP contribution in [0.15, 0.2) is 0 Å². The molecule has 0 aromatic carbocycles. The molecule has 2 rings (SSSR count). The molecule has 3 nitrogen and oxygen atoms in total. The van der Waals surface area contributed by atoms with E-state index in [1.54, 1.807) is 0 Å². The summed E-state index contributed by atoms with van der Waals surface area (Å²) in [6.45, 7) is 16.3. The highest BCUT2D eigenvalue weighted by Gasteiger charge is 2.72. The van der Waals surface area contributed by atoms with Gasteiger partial charge in [0.1, 0.15) is 0 Å². The predicted octanol–water partition coefficient (Wildman–Crippen LogP) is 5.30. The van der Waals surface area contributed by atoms with Crippen LogP contribution in [0.25, 0.3) is 0 Å². The molecular weight excluding hydrogens is 304 g/mol. The van der Waals surface area contributed by atoms with Gasteiger partial charge in [0.15, 0.2) is 0 Å². The lowest BCUT2D eigenvalue weighted by Gasteiger charge is -2.46. The Morgan fingerprint density at radius 1 is 1.09 bits per heavy atom. The average molecular weight is 341 g/mol. The number of fused-ring (bicyclic) bond motifs is 1. The van der Waals surface area contributed by atoms with Gasteiger partial charge in [0.25, 0.3) is 0 Å². The molecule has 2 saturated carbocycles. The van der Waals surface area contributed by atoms with Gasteiger partial charge in [-0.25, -0.2) is 0 Å². The fraction of sp³-hybridized carbons (Fsp3) is 0.947. The summed E-state index contributed by atoms with van der Waals surface area (Å²) in [6, 6.07) is 0. The molecule has 0 amide bonds. The number of esters is 1. The number of rotatable bonds is 7. The number of hydrogen-bond acceptors (Lipinski definition) is 3. The van der Waals surface area contributed by atoms with E-state index in [0.717, 1.165) is 12.8 Å². The molecule has 0 saturated heterocycles. The van der Waals surface area contributed by atoms with E-state index in [9.17, 15) is 4.79 Å². The van der Waals surface area contributed by atoms with Gasteiger partial charge in [0, 0.05) is 5.92 Å². The van der Waals surface area contributed by atoms with Crippen LogP contribution >= 0.6 is 0 Å². The lowest BCUT2D eigenvalue weighted by molar-refractivity contribution is -0.146. The maximum atomic E-state index is 12.5. The Kier molecular flexibility index (Phi) is 5.67. The summed E-state index contributed by atoms with van der Waals surface area (Å²) in [6.07, 6.45) is 4.58. The van der Waals surface area contributed by atoms with Gasteiger partial charge in [0.05, 0.1) is 18.1 Å². The minimum Gasteiger partial charge on any atom is -0.466 e. The zero-order valence-corrected chi connectivity index (χ0v) is 17.1. The summed E-state index contributed by atoms with van der Waals surface area (Å²) in [5, 5.41) is 0. The van der Waals surface area contributed by atoms with Gasteiger partial charge in [-0.15, -0.1) is 0 Å². The summed E-state index contributed by atoms with van der Waals surface area (Å²) < 4.78 is 12.5. The zero-order valence-electron chi connectivity index (χ0n) is 16.1. The van der Waals surface area contributed by atoms with Crippen molar-refractivity contribution in [1.29, 1.82) is 0 Å². The molecule has 0 aromatic heterocycles. The van der Waals surface area contributed by atoms with Crippen LogP contribution in [0.1, 0.15) is 74.1 Å². The van der Waals surface area contributed by atoms with Crippen LogP contribution in [0.2, 0.25) is 16.6 Å². The third-order valence-corrected chi connectivity index (χ3v) is 12.5. The molecule has 0 spiro atoms. The van der Waals surface area contributed by atoms with Crippen LogP contribution in [-0.4, -0.2) is 26.5 Å². The number of ether oxygens (including phenoxy) is 1. The van der Waals surface area contributed by atoms with E-state index in [-0.39, 0.29) is 17.5 Å². The SMILES string of the molecule is CCOC(=O)C1C2CCCCC21O[Si](C(C)C)(C(C)C)C(C)C. The van der Waals surface area contributed by atoms with Gasteiger partial charge < -0.3 is 9.16 Å². The Hall–Kier alpha value is -0.353. The van der Waals surface area contributed by atoms with Crippen molar-refractivity contribution >= 4 is 14.3 Å². The molecule has 4 heteroatoms. The van der Waals surface area contributed by atoms with Crippen LogP contribution in [0.5, 0.6) is 0 Å². The first-order valence-electron chi connectivity index (χ1n) is 9.60. The molecule has 0 bridgehead atoms. The molecule has 0 heterocycles. The average Bonchev–Trinajstić information content (AvgIpc) is 3.12. The molecule has 134 valence electrons. The van der Waals surface area contributed by atoms with Gasteiger partial charge >= 0.3 is 5.97 Å². The second-order valence-corrected chi connectivity index (χ2v) is 13.8. The van der Waals surface area contributed by atoms with Gasteiger partial charge in [0.2, 0.25) is 8.32 Å². The largest absolute Gasteiger partial charge is 0.466 e. The minimum absolute atomic E-state index is 0.00641. The predicted molar refractivity (Wildman–Crippen MR) is 96.9 cm³/mol. The van der Waals surface area contributed by atoms with Crippen LogP contribution < -0.4 is 0 Å². The molecule has 2 aliphatic carbocycles. The van der Waals surface area contributed by atoms with Crippen molar-refractivity contribution in [2.24, 2.45) is 11.8 Å². The van der Waals surface area contributed by atoms with E-state index in [1.807, 2.05) is 6.92 Å². The first-order valence-corrected chi connectivity index (χ1v) is 11.7. The highest BCUT2D eigenvalue weighted by Crippen LogP contribution is 2.65. The van der Waals surface area contributed by atoms with Gasteiger partial charge in [-0.05, 0) is 36.4 Å². The Bertz CT molecular complexity index is 411. The Morgan fingerprint density at radius 3 is 2.13 bits per heavy atom. The topological polar surface area (TPSA) is 35.5 Å². The van der Waals surface area contributed by atoms with E-state index in [0.29, 0.717) is 29.1 Å². The molecule has 0 radical (unpaired) electrons. The third kappa shape index (κ3) is 3.01. The van der Waals surface area contributed by atoms with E-state index in [4.69, 9.17) is 9.16 Å². The van der Waals surface area contributed by atoms with Gasteiger partial charge in [-0.3, -0.25) is 4.79 Å². The van der Waals surface area contributed by atoms with Gasteiger partial charge in [-0.1, -0.05) is 54.4 Å². The fourth-order valence-corrected chi connectivity index (χ4v) is 11.2. The maximum Gasteiger partial charge on any atom is 0.312 e. The molecule has 3 atom stereocenters. The summed E-state index contributed by atoms with van der Waals surface area (Å²) in [7, 11) is -1.96. The Labute approximate surface area is 143 Å². The van der Waals surface area contributed by atoms with Crippen molar-refractivity contribution in [1.82, 2.24) is 0 Å². The zero-order chi connectivity index (χ0) is 17.4. The second-order valence-electron chi connectivity index (χ2n) is 8.46. The quantitative estimate of drug-likeness (QED) is 0.466. The van der Waals surface area contributed by atoms with E-state index < -0.39 is 8.32 Å². The fourth-order valence-electron chi connectivity index (χ4n) is 5.48. The van der Waals surface area contributed by atoms with Crippen molar-refractivity contribution in [2.45, 2.75) is 96.4 Å². The molecule has 2 fully saturated rings. The summed E-state index contributed by atoms with van der Waals surface area (Å²) in [5.41, 5.74) is 1.48. The lowest BCUT2D eigenvalue weighted by Crippen LogP contribution is -2.52.